The van der Waals surface area contributed by atoms with E-state index in [1.165, 1.54) is 25.0 Å². The summed E-state index contributed by atoms with van der Waals surface area (Å²) in [4.78, 5) is 24.6. The number of nitrogens with one attached hydrogen (secondary N) is 1. The molecule has 1 aliphatic carbocycles. The highest BCUT2D eigenvalue weighted by Crippen LogP contribution is 2.35. The summed E-state index contributed by atoms with van der Waals surface area (Å²) < 4.78 is 11.9. The number of amides is 1. The fourth-order valence-corrected chi connectivity index (χ4v) is 5.48. The van der Waals surface area contributed by atoms with Crippen LogP contribution in [0.2, 0.25) is 5.15 Å². The van der Waals surface area contributed by atoms with E-state index in [0.29, 0.717) is 24.4 Å². The van der Waals surface area contributed by atoms with Gasteiger partial charge in [0.1, 0.15) is 12.3 Å². The lowest BCUT2D eigenvalue weighted by molar-refractivity contribution is -0.113. The number of aromatic nitrogens is 2. The number of methoxy groups -OCH3 is 1. The van der Waals surface area contributed by atoms with Gasteiger partial charge in [0.05, 0.1) is 25.5 Å². The molecule has 2 atom stereocenters. The number of hydrogen-bond donors (Lipinski definition) is 1. The van der Waals surface area contributed by atoms with Crippen molar-refractivity contribution in [3.63, 3.8) is 0 Å². The second kappa shape index (κ2) is 13.1. The first-order valence-electron chi connectivity index (χ1n) is 14.0. The standard InChI is InChI=1S/C31H34ClN5O4/c1-3-21-16-24(19-38)37(18-20-8-11-23(12-9-20)33-31(39)26-13-15-29(32)35-34-26)36-30(21)22-10-14-27(40-2)28(17-22)41-25-6-4-5-7-25/h8-15,17,19,21,24-25H,3-7,16,18H2,1-2H3,(H,33,39). The Morgan fingerprint density at radius 1 is 1.07 bits per heavy atom. The molecule has 5 rings (SSSR count). The third-order valence-corrected chi connectivity index (χ3v) is 7.86. The summed E-state index contributed by atoms with van der Waals surface area (Å²) in [6.07, 6.45) is 7.21. The topological polar surface area (TPSA) is 106 Å². The van der Waals surface area contributed by atoms with Crippen LogP contribution in [0.4, 0.5) is 5.69 Å². The van der Waals surface area contributed by atoms with Gasteiger partial charge in [0.15, 0.2) is 22.3 Å². The maximum absolute atomic E-state index is 12.5. The largest absolute Gasteiger partial charge is 0.493 e. The second-order valence-corrected chi connectivity index (χ2v) is 10.8. The van der Waals surface area contributed by atoms with Crippen molar-refractivity contribution < 1.29 is 19.1 Å². The van der Waals surface area contributed by atoms with Crippen molar-refractivity contribution in [3.8, 4) is 11.5 Å². The van der Waals surface area contributed by atoms with Crippen LogP contribution < -0.4 is 14.8 Å². The third kappa shape index (κ3) is 6.85. The van der Waals surface area contributed by atoms with Crippen LogP contribution in [0.15, 0.2) is 59.7 Å². The lowest BCUT2D eigenvalue weighted by atomic mass is 9.87. The first-order valence-corrected chi connectivity index (χ1v) is 14.4. The summed E-state index contributed by atoms with van der Waals surface area (Å²) in [6.45, 7) is 2.57. The molecule has 0 bridgehead atoms. The number of carbonyl (C=O) groups excluding carboxylic acids is 2. The summed E-state index contributed by atoms with van der Waals surface area (Å²) in [5.41, 5.74) is 3.66. The monoisotopic (exact) mass is 575 g/mol. The number of ether oxygens (including phenoxy) is 2. The van der Waals surface area contributed by atoms with Crippen molar-refractivity contribution in [3.05, 3.63) is 76.6 Å². The molecule has 10 heteroatoms. The van der Waals surface area contributed by atoms with E-state index in [1.54, 1.807) is 7.11 Å². The number of rotatable bonds is 10. The van der Waals surface area contributed by atoms with Gasteiger partial charge in [-0.2, -0.15) is 5.10 Å². The smallest absolute Gasteiger partial charge is 0.276 e. The molecule has 2 aliphatic rings. The van der Waals surface area contributed by atoms with Gasteiger partial charge in [-0.3, -0.25) is 9.80 Å². The lowest BCUT2D eigenvalue weighted by Gasteiger charge is -2.35. The second-order valence-electron chi connectivity index (χ2n) is 10.4. The summed E-state index contributed by atoms with van der Waals surface area (Å²) in [7, 11) is 1.66. The molecule has 1 aromatic heterocycles. The minimum atomic E-state index is -0.380. The number of carbonyl (C=O) groups is 2. The van der Waals surface area contributed by atoms with Crippen LogP contribution in [-0.2, 0) is 11.3 Å². The SMILES string of the molecule is CCC1CC(C=O)N(Cc2ccc(NC(=O)c3ccc(Cl)nn3)cc2)N=C1c1ccc(OC)c(OC2CCCC2)c1. The molecule has 9 nitrogen and oxygen atoms in total. The Morgan fingerprint density at radius 3 is 2.51 bits per heavy atom. The molecule has 0 saturated heterocycles. The van der Waals surface area contributed by atoms with Crippen molar-refractivity contribution in [2.45, 2.75) is 64.1 Å². The number of nitrogens with zero attached hydrogens (tertiary/aromatic N) is 4. The average Bonchev–Trinajstić information content (AvgIpc) is 3.51. The van der Waals surface area contributed by atoms with Crippen molar-refractivity contribution in [2.75, 3.05) is 12.4 Å². The van der Waals surface area contributed by atoms with Gasteiger partial charge in [-0.05, 0) is 86.6 Å². The van der Waals surface area contributed by atoms with Gasteiger partial charge in [0, 0.05) is 17.2 Å². The van der Waals surface area contributed by atoms with Crippen LogP contribution in [0.3, 0.4) is 0 Å². The zero-order chi connectivity index (χ0) is 28.8. The Hall–Kier alpha value is -3.98. The van der Waals surface area contributed by atoms with Crippen LogP contribution in [-0.4, -0.2) is 52.4 Å². The molecule has 0 spiro atoms. The minimum Gasteiger partial charge on any atom is -0.493 e. The number of hydrogen-bond acceptors (Lipinski definition) is 8. The van der Waals surface area contributed by atoms with Gasteiger partial charge in [-0.1, -0.05) is 30.7 Å². The Labute approximate surface area is 244 Å². The average molecular weight is 576 g/mol. The molecule has 2 heterocycles. The van der Waals surface area contributed by atoms with E-state index in [1.807, 2.05) is 47.5 Å². The molecule has 1 aliphatic heterocycles. The molecule has 2 unspecified atom stereocenters. The van der Waals surface area contributed by atoms with Gasteiger partial charge in [-0.15, -0.1) is 10.2 Å². The number of aldehydes is 1. The van der Waals surface area contributed by atoms with Gasteiger partial charge in [-0.25, -0.2) is 0 Å². The fourth-order valence-electron chi connectivity index (χ4n) is 5.38. The first-order chi connectivity index (χ1) is 20.0. The van der Waals surface area contributed by atoms with E-state index in [0.717, 1.165) is 48.1 Å². The van der Waals surface area contributed by atoms with Crippen molar-refractivity contribution in [1.29, 1.82) is 0 Å². The number of halogens is 1. The summed E-state index contributed by atoms with van der Waals surface area (Å²) in [6, 6.07) is 16.1. The zero-order valence-electron chi connectivity index (χ0n) is 23.3. The molecule has 0 radical (unpaired) electrons. The normalized spacial score (nSPS) is 19.0. The number of hydrazone groups is 1. The molecule has 1 amide bonds. The molecule has 3 aromatic rings. The maximum atomic E-state index is 12.5. The third-order valence-electron chi connectivity index (χ3n) is 7.66. The quantitative estimate of drug-likeness (QED) is 0.299. The Morgan fingerprint density at radius 2 is 1.85 bits per heavy atom. The predicted molar refractivity (Wildman–Crippen MR) is 158 cm³/mol. The number of anilines is 1. The van der Waals surface area contributed by atoms with Gasteiger partial charge >= 0.3 is 0 Å². The summed E-state index contributed by atoms with van der Waals surface area (Å²) in [5, 5.41) is 17.4. The molecule has 214 valence electrons. The Balaban J connectivity index is 1.34. The van der Waals surface area contributed by atoms with Crippen LogP contribution in [0.25, 0.3) is 0 Å². The molecule has 1 fully saturated rings. The lowest BCUT2D eigenvalue weighted by Crippen LogP contribution is -2.41. The van der Waals surface area contributed by atoms with Gasteiger partial charge in [0.2, 0.25) is 0 Å². The molecule has 41 heavy (non-hydrogen) atoms. The number of benzene rings is 2. The van der Waals surface area contributed by atoms with Crippen molar-refractivity contribution in [2.24, 2.45) is 11.0 Å². The molecule has 1 N–H and O–H groups in total. The molecule has 1 saturated carbocycles. The highest BCUT2D eigenvalue weighted by molar-refractivity contribution is 6.29. The Kier molecular flexibility index (Phi) is 9.14. The van der Waals surface area contributed by atoms with Gasteiger partial charge < -0.3 is 19.6 Å². The van der Waals surface area contributed by atoms with E-state index in [-0.39, 0.29) is 34.8 Å². The predicted octanol–water partition coefficient (Wildman–Crippen LogP) is 5.92. The highest BCUT2D eigenvalue weighted by Gasteiger charge is 2.31. The van der Waals surface area contributed by atoms with Crippen LogP contribution in [0.5, 0.6) is 11.5 Å². The summed E-state index contributed by atoms with van der Waals surface area (Å²) in [5.74, 6) is 1.21. The van der Waals surface area contributed by atoms with Crippen molar-refractivity contribution in [1.82, 2.24) is 15.2 Å². The molecule has 2 aromatic carbocycles. The van der Waals surface area contributed by atoms with Crippen LogP contribution in [0, 0.1) is 5.92 Å². The first kappa shape index (κ1) is 28.5. The van der Waals surface area contributed by atoms with E-state index in [2.05, 4.69) is 22.4 Å². The highest BCUT2D eigenvalue weighted by atomic mass is 35.5. The fraction of sp³-hybridized carbons (Fsp3) is 0.387. The molecular weight excluding hydrogens is 542 g/mol. The zero-order valence-corrected chi connectivity index (χ0v) is 24.0. The minimum absolute atomic E-state index is 0.141. The van der Waals surface area contributed by atoms with E-state index >= 15 is 0 Å². The van der Waals surface area contributed by atoms with Crippen molar-refractivity contribution >= 4 is 35.2 Å². The van der Waals surface area contributed by atoms with E-state index in [4.69, 9.17) is 26.2 Å². The van der Waals surface area contributed by atoms with E-state index < -0.39 is 0 Å². The summed E-state index contributed by atoms with van der Waals surface area (Å²) >= 11 is 5.75. The van der Waals surface area contributed by atoms with Gasteiger partial charge in [0.25, 0.3) is 5.91 Å². The van der Waals surface area contributed by atoms with Crippen LogP contribution >= 0.6 is 11.6 Å². The Bertz CT molecular complexity index is 1390. The van der Waals surface area contributed by atoms with Crippen LogP contribution in [0.1, 0.15) is 67.1 Å². The molecular formula is C31H34ClN5O4. The van der Waals surface area contributed by atoms with E-state index in [9.17, 15) is 9.59 Å². The maximum Gasteiger partial charge on any atom is 0.276 e.